The predicted molar refractivity (Wildman–Crippen MR) is 86.9 cm³/mol. The molecule has 1 aliphatic heterocycles. The number of aromatic nitrogens is 3. The molecule has 3 rings (SSSR count). The molecule has 21 heavy (non-hydrogen) atoms. The first-order valence-electron chi connectivity index (χ1n) is 7.48. The van der Waals surface area contributed by atoms with Crippen molar-refractivity contribution in [1.29, 1.82) is 0 Å². The van der Waals surface area contributed by atoms with Gasteiger partial charge in [0, 0.05) is 35.1 Å². The Morgan fingerprint density at radius 3 is 2.95 bits per heavy atom. The highest BCUT2D eigenvalue weighted by molar-refractivity contribution is 7.99. The number of hydrogen-bond donors (Lipinski definition) is 1. The van der Waals surface area contributed by atoms with Crippen LogP contribution in [-0.4, -0.2) is 33.6 Å². The maximum atomic E-state index is 4.46. The van der Waals surface area contributed by atoms with Crippen LogP contribution in [0.5, 0.6) is 0 Å². The van der Waals surface area contributed by atoms with Crippen molar-refractivity contribution in [1.82, 2.24) is 20.1 Å². The van der Waals surface area contributed by atoms with E-state index < -0.39 is 0 Å². The second-order valence-corrected chi connectivity index (χ2v) is 6.83. The van der Waals surface area contributed by atoms with Crippen molar-refractivity contribution < 1.29 is 0 Å². The average molecular weight is 302 g/mol. The molecule has 0 saturated heterocycles. The molecule has 1 N–H and O–H groups in total. The van der Waals surface area contributed by atoms with Gasteiger partial charge in [-0.25, -0.2) is 9.67 Å². The molecule has 2 heterocycles. The molecule has 0 radical (unpaired) electrons. The zero-order valence-corrected chi connectivity index (χ0v) is 13.6. The second kappa shape index (κ2) is 6.20. The maximum absolute atomic E-state index is 4.46. The molecule has 0 fully saturated rings. The lowest BCUT2D eigenvalue weighted by Crippen LogP contribution is -2.35. The van der Waals surface area contributed by atoms with Gasteiger partial charge in [-0.05, 0) is 32.5 Å². The number of benzene rings is 1. The number of hydrogen-bond acceptors (Lipinski definition) is 4. The molecule has 0 spiro atoms. The standard InChI is InChI=1S/C16H22N4S/c1-11(2)20-16(18-10-19-20)8-14(17-3)13-9-21-15-7-5-4-6-12(13)15/h4-7,10-11,13-14,17H,8-9H2,1-3H3. The summed E-state index contributed by atoms with van der Waals surface area (Å²) in [5, 5.41) is 7.84. The molecule has 0 bridgehead atoms. The summed E-state index contributed by atoms with van der Waals surface area (Å²) in [6, 6.07) is 9.49. The molecule has 1 aromatic heterocycles. The highest BCUT2D eigenvalue weighted by Gasteiger charge is 2.30. The van der Waals surface area contributed by atoms with Gasteiger partial charge in [-0.2, -0.15) is 5.10 Å². The summed E-state index contributed by atoms with van der Waals surface area (Å²) < 4.78 is 2.03. The molecule has 2 atom stereocenters. The Bertz CT molecular complexity index is 608. The van der Waals surface area contributed by atoms with E-state index in [9.17, 15) is 0 Å². The van der Waals surface area contributed by atoms with Crippen molar-refractivity contribution in [2.75, 3.05) is 12.8 Å². The van der Waals surface area contributed by atoms with Crippen LogP contribution in [-0.2, 0) is 6.42 Å². The highest BCUT2D eigenvalue weighted by atomic mass is 32.2. The molecule has 1 aliphatic rings. The molecule has 0 aliphatic carbocycles. The number of rotatable bonds is 5. The molecule has 112 valence electrons. The summed E-state index contributed by atoms with van der Waals surface area (Å²) in [6.45, 7) is 4.29. The second-order valence-electron chi connectivity index (χ2n) is 5.77. The quantitative estimate of drug-likeness (QED) is 0.922. The van der Waals surface area contributed by atoms with Crippen LogP contribution < -0.4 is 5.32 Å². The van der Waals surface area contributed by atoms with Crippen LogP contribution in [0, 0.1) is 0 Å². The highest BCUT2D eigenvalue weighted by Crippen LogP contribution is 2.41. The van der Waals surface area contributed by atoms with E-state index in [2.05, 4.69) is 53.5 Å². The van der Waals surface area contributed by atoms with Gasteiger partial charge in [0.1, 0.15) is 12.2 Å². The molecule has 5 heteroatoms. The van der Waals surface area contributed by atoms with Crippen molar-refractivity contribution in [2.45, 2.75) is 43.2 Å². The van der Waals surface area contributed by atoms with Gasteiger partial charge in [0.15, 0.2) is 0 Å². The Labute approximate surface area is 130 Å². The Hall–Kier alpha value is -1.33. The van der Waals surface area contributed by atoms with Crippen molar-refractivity contribution >= 4 is 11.8 Å². The Balaban J connectivity index is 1.82. The first-order chi connectivity index (χ1) is 10.2. The fraction of sp³-hybridized carbons (Fsp3) is 0.500. The molecule has 2 aromatic rings. The third-order valence-electron chi connectivity index (χ3n) is 4.13. The Kier molecular flexibility index (Phi) is 4.31. The molecule has 0 saturated carbocycles. The minimum Gasteiger partial charge on any atom is -0.316 e. The fourth-order valence-corrected chi connectivity index (χ4v) is 4.35. The largest absolute Gasteiger partial charge is 0.316 e. The summed E-state index contributed by atoms with van der Waals surface area (Å²) in [7, 11) is 2.05. The molecular weight excluding hydrogens is 280 g/mol. The molecule has 1 aromatic carbocycles. The van der Waals surface area contributed by atoms with Gasteiger partial charge < -0.3 is 5.32 Å². The van der Waals surface area contributed by atoms with Crippen molar-refractivity contribution in [3.8, 4) is 0 Å². The van der Waals surface area contributed by atoms with Gasteiger partial charge in [0.05, 0.1) is 0 Å². The first kappa shape index (κ1) is 14.6. The number of thioether (sulfide) groups is 1. The fourth-order valence-electron chi connectivity index (χ4n) is 3.01. The van der Waals surface area contributed by atoms with E-state index in [-0.39, 0.29) is 0 Å². The number of nitrogens with zero attached hydrogens (tertiary/aromatic N) is 3. The molecular formula is C16H22N4S. The van der Waals surface area contributed by atoms with Gasteiger partial charge in [0.25, 0.3) is 0 Å². The summed E-state index contributed by atoms with van der Waals surface area (Å²) in [5.74, 6) is 2.74. The van der Waals surface area contributed by atoms with E-state index in [0.29, 0.717) is 18.0 Å². The lowest BCUT2D eigenvalue weighted by atomic mass is 9.91. The van der Waals surface area contributed by atoms with Gasteiger partial charge in [-0.1, -0.05) is 18.2 Å². The van der Waals surface area contributed by atoms with Crippen molar-refractivity contribution in [3.05, 3.63) is 42.0 Å². The van der Waals surface area contributed by atoms with Crippen LogP contribution in [0.3, 0.4) is 0 Å². The van der Waals surface area contributed by atoms with Crippen molar-refractivity contribution in [3.63, 3.8) is 0 Å². The van der Waals surface area contributed by atoms with Crippen LogP contribution in [0.15, 0.2) is 35.5 Å². The normalized spacial score (nSPS) is 19.0. The minimum atomic E-state index is 0.352. The number of likely N-dealkylation sites (N-methyl/N-ethyl adjacent to an activating group) is 1. The smallest absolute Gasteiger partial charge is 0.138 e. The van der Waals surface area contributed by atoms with Crippen LogP contribution in [0.25, 0.3) is 0 Å². The topological polar surface area (TPSA) is 42.7 Å². The third kappa shape index (κ3) is 2.85. The molecule has 2 unspecified atom stereocenters. The van der Waals surface area contributed by atoms with Crippen LogP contribution >= 0.6 is 11.8 Å². The zero-order chi connectivity index (χ0) is 14.8. The van der Waals surface area contributed by atoms with E-state index in [1.165, 1.54) is 10.5 Å². The van der Waals surface area contributed by atoms with Crippen LogP contribution in [0.4, 0.5) is 0 Å². The van der Waals surface area contributed by atoms with Gasteiger partial charge >= 0.3 is 0 Å². The van der Waals surface area contributed by atoms with E-state index in [0.717, 1.165) is 18.0 Å². The third-order valence-corrected chi connectivity index (χ3v) is 5.34. The summed E-state index contributed by atoms with van der Waals surface area (Å²) >= 11 is 1.96. The van der Waals surface area contributed by atoms with Crippen LogP contribution in [0.2, 0.25) is 0 Å². The Morgan fingerprint density at radius 1 is 1.38 bits per heavy atom. The van der Waals surface area contributed by atoms with Gasteiger partial charge in [-0.15, -0.1) is 11.8 Å². The SMILES string of the molecule is CNC(Cc1ncnn1C(C)C)C1CSc2ccccc21. The van der Waals surface area contributed by atoms with Crippen LogP contribution in [0.1, 0.15) is 37.2 Å². The van der Waals surface area contributed by atoms with E-state index in [4.69, 9.17) is 0 Å². The van der Waals surface area contributed by atoms with Gasteiger partial charge in [-0.3, -0.25) is 0 Å². The van der Waals surface area contributed by atoms with Crippen molar-refractivity contribution in [2.24, 2.45) is 0 Å². The predicted octanol–water partition coefficient (Wildman–Crippen LogP) is 2.88. The van der Waals surface area contributed by atoms with E-state index >= 15 is 0 Å². The lowest BCUT2D eigenvalue weighted by Gasteiger charge is -2.23. The van der Waals surface area contributed by atoms with E-state index in [1.807, 2.05) is 23.5 Å². The molecule has 0 amide bonds. The average Bonchev–Trinajstić information content (AvgIpc) is 3.11. The van der Waals surface area contributed by atoms with Gasteiger partial charge in [0.2, 0.25) is 0 Å². The summed E-state index contributed by atoms with van der Waals surface area (Å²) in [6.07, 6.45) is 2.58. The zero-order valence-electron chi connectivity index (χ0n) is 12.8. The maximum Gasteiger partial charge on any atom is 0.138 e. The number of nitrogens with one attached hydrogen (secondary N) is 1. The summed E-state index contributed by atoms with van der Waals surface area (Å²) in [4.78, 5) is 5.88. The lowest BCUT2D eigenvalue weighted by molar-refractivity contribution is 0.442. The van der Waals surface area contributed by atoms with E-state index in [1.54, 1.807) is 6.33 Å². The first-order valence-corrected chi connectivity index (χ1v) is 8.46. The Morgan fingerprint density at radius 2 is 2.19 bits per heavy atom. The minimum absolute atomic E-state index is 0.352. The monoisotopic (exact) mass is 302 g/mol. The number of fused-ring (bicyclic) bond motifs is 1. The summed E-state index contributed by atoms with van der Waals surface area (Å²) in [5.41, 5.74) is 1.47. The molecule has 4 nitrogen and oxygen atoms in total.